The standard InChI is InChI=1S/C19H19N5O3/c1-22-11-16(13-4-6-15(26-3)7-5-13)18-21-14(10-24(18)19(22)25)12-27-17-8-9-20-23(17)2/h4-11H,12H2,1-3H3. The second kappa shape index (κ2) is 6.64. The topological polar surface area (TPSA) is 75.6 Å². The Morgan fingerprint density at radius 1 is 1.07 bits per heavy atom. The van der Waals surface area contributed by atoms with E-state index in [2.05, 4.69) is 10.1 Å². The fourth-order valence-electron chi connectivity index (χ4n) is 2.94. The van der Waals surface area contributed by atoms with Gasteiger partial charge >= 0.3 is 5.69 Å². The first-order valence-corrected chi connectivity index (χ1v) is 8.39. The van der Waals surface area contributed by atoms with Crippen molar-refractivity contribution in [3.8, 4) is 22.8 Å². The number of hydrogen-bond acceptors (Lipinski definition) is 5. The summed E-state index contributed by atoms with van der Waals surface area (Å²) in [5.41, 5.74) is 2.88. The highest BCUT2D eigenvalue weighted by molar-refractivity contribution is 5.77. The Kier molecular flexibility index (Phi) is 4.15. The molecule has 4 aromatic rings. The summed E-state index contributed by atoms with van der Waals surface area (Å²) >= 11 is 0. The van der Waals surface area contributed by atoms with E-state index in [1.54, 1.807) is 59.5 Å². The van der Waals surface area contributed by atoms with Crippen LogP contribution in [0.4, 0.5) is 0 Å². The number of rotatable bonds is 5. The van der Waals surface area contributed by atoms with Crippen LogP contribution in [0.2, 0.25) is 0 Å². The molecule has 0 unspecified atom stereocenters. The normalized spacial score (nSPS) is 11.1. The van der Waals surface area contributed by atoms with Crippen LogP contribution in [0.25, 0.3) is 16.8 Å². The van der Waals surface area contributed by atoms with E-state index >= 15 is 0 Å². The second-order valence-corrected chi connectivity index (χ2v) is 6.17. The van der Waals surface area contributed by atoms with Crippen LogP contribution in [-0.4, -0.2) is 30.8 Å². The molecular formula is C19H19N5O3. The Labute approximate surface area is 155 Å². The molecule has 0 spiro atoms. The maximum Gasteiger partial charge on any atom is 0.333 e. The van der Waals surface area contributed by atoms with Crippen molar-refractivity contribution in [1.82, 2.24) is 23.7 Å². The van der Waals surface area contributed by atoms with Crippen LogP contribution in [0.5, 0.6) is 11.6 Å². The average molecular weight is 365 g/mol. The van der Waals surface area contributed by atoms with Gasteiger partial charge in [-0.3, -0.25) is 4.40 Å². The predicted octanol–water partition coefficient (Wildman–Crippen LogP) is 2.02. The second-order valence-electron chi connectivity index (χ2n) is 6.17. The Morgan fingerprint density at radius 2 is 1.85 bits per heavy atom. The van der Waals surface area contributed by atoms with Crippen LogP contribution in [0.1, 0.15) is 5.69 Å². The van der Waals surface area contributed by atoms with Crippen LogP contribution in [0.3, 0.4) is 0 Å². The molecule has 3 aromatic heterocycles. The lowest BCUT2D eigenvalue weighted by Gasteiger charge is -2.07. The third-order valence-corrected chi connectivity index (χ3v) is 4.37. The van der Waals surface area contributed by atoms with E-state index in [4.69, 9.17) is 9.47 Å². The molecule has 8 nitrogen and oxygen atoms in total. The molecule has 0 amide bonds. The number of aromatic nitrogens is 5. The molecule has 4 rings (SSSR count). The quantitative estimate of drug-likeness (QED) is 0.541. The first kappa shape index (κ1) is 16.9. The van der Waals surface area contributed by atoms with Gasteiger partial charge in [-0.2, -0.15) is 5.10 Å². The van der Waals surface area contributed by atoms with Gasteiger partial charge in [0, 0.05) is 38.1 Å². The lowest BCUT2D eigenvalue weighted by atomic mass is 10.1. The highest BCUT2D eigenvalue weighted by Gasteiger charge is 2.13. The van der Waals surface area contributed by atoms with Gasteiger partial charge in [0.25, 0.3) is 0 Å². The number of methoxy groups -OCH3 is 1. The SMILES string of the molecule is COc1ccc(-c2cn(C)c(=O)n3cc(COc4ccnn4C)nc23)cc1. The summed E-state index contributed by atoms with van der Waals surface area (Å²) in [5, 5.41) is 4.07. The van der Waals surface area contributed by atoms with Gasteiger partial charge in [0.1, 0.15) is 12.4 Å². The molecule has 0 saturated heterocycles. The average Bonchev–Trinajstić information content (AvgIpc) is 3.29. The predicted molar refractivity (Wildman–Crippen MR) is 100.0 cm³/mol. The lowest BCUT2D eigenvalue weighted by Crippen LogP contribution is -2.23. The number of hydrogen-bond donors (Lipinski definition) is 0. The van der Waals surface area contributed by atoms with Crippen molar-refractivity contribution in [2.75, 3.05) is 7.11 Å². The number of benzene rings is 1. The van der Waals surface area contributed by atoms with Gasteiger partial charge in [-0.15, -0.1) is 0 Å². The molecule has 0 radical (unpaired) electrons. The summed E-state index contributed by atoms with van der Waals surface area (Å²) in [6.07, 6.45) is 5.16. The summed E-state index contributed by atoms with van der Waals surface area (Å²) < 4.78 is 15.7. The first-order valence-electron chi connectivity index (χ1n) is 8.39. The van der Waals surface area contributed by atoms with E-state index in [9.17, 15) is 4.79 Å². The summed E-state index contributed by atoms with van der Waals surface area (Å²) in [7, 11) is 5.15. The first-order chi connectivity index (χ1) is 13.1. The molecule has 138 valence electrons. The molecule has 0 bridgehead atoms. The zero-order chi connectivity index (χ0) is 19.0. The van der Waals surface area contributed by atoms with E-state index in [0.717, 1.165) is 16.9 Å². The van der Waals surface area contributed by atoms with Crippen molar-refractivity contribution in [1.29, 1.82) is 0 Å². The van der Waals surface area contributed by atoms with Crippen molar-refractivity contribution in [2.24, 2.45) is 14.1 Å². The third-order valence-electron chi connectivity index (χ3n) is 4.37. The number of ether oxygens (including phenoxy) is 2. The maximum atomic E-state index is 12.5. The minimum atomic E-state index is -0.165. The van der Waals surface area contributed by atoms with Crippen LogP contribution in [0, 0.1) is 0 Å². The minimum Gasteiger partial charge on any atom is -0.497 e. The van der Waals surface area contributed by atoms with Gasteiger partial charge in [-0.05, 0) is 17.7 Å². The summed E-state index contributed by atoms with van der Waals surface area (Å²) in [5.74, 6) is 1.41. The highest BCUT2D eigenvalue weighted by Crippen LogP contribution is 2.25. The smallest absolute Gasteiger partial charge is 0.333 e. The molecule has 0 fully saturated rings. The van der Waals surface area contributed by atoms with Gasteiger partial charge in [-0.1, -0.05) is 12.1 Å². The minimum absolute atomic E-state index is 0.165. The Hall–Kier alpha value is -3.55. The van der Waals surface area contributed by atoms with Crippen LogP contribution in [-0.2, 0) is 20.7 Å². The molecule has 0 N–H and O–H groups in total. The third kappa shape index (κ3) is 3.05. The van der Waals surface area contributed by atoms with Gasteiger partial charge in [0.2, 0.25) is 5.88 Å². The summed E-state index contributed by atoms with van der Waals surface area (Å²) in [4.78, 5) is 17.1. The largest absolute Gasteiger partial charge is 0.497 e. The fraction of sp³-hybridized carbons (Fsp3) is 0.211. The van der Waals surface area contributed by atoms with E-state index in [1.807, 2.05) is 24.3 Å². The van der Waals surface area contributed by atoms with Crippen LogP contribution in [0.15, 0.2) is 53.7 Å². The summed E-state index contributed by atoms with van der Waals surface area (Å²) in [6.45, 7) is 0.242. The highest BCUT2D eigenvalue weighted by atomic mass is 16.5. The number of fused-ring (bicyclic) bond motifs is 1. The zero-order valence-corrected chi connectivity index (χ0v) is 15.3. The molecule has 0 atom stereocenters. The van der Waals surface area contributed by atoms with E-state index in [0.29, 0.717) is 17.2 Å². The molecule has 0 aliphatic carbocycles. The van der Waals surface area contributed by atoms with Gasteiger partial charge < -0.3 is 14.0 Å². The molecule has 1 aromatic carbocycles. The van der Waals surface area contributed by atoms with Gasteiger partial charge in [0.05, 0.1) is 19.0 Å². The Balaban J connectivity index is 1.75. The van der Waals surface area contributed by atoms with Crippen LogP contribution < -0.4 is 15.2 Å². The lowest BCUT2D eigenvalue weighted by molar-refractivity contribution is 0.275. The molecular weight excluding hydrogens is 346 g/mol. The zero-order valence-electron chi connectivity index (χ0n) is 15.3. The summed E-state index contributed by atoms with van der Waals surface area (Å²) in [6, 6.07) is 9.43. The molecule has 27 heavy (non-hydrogen) atoms. The van der Waals surface area contributed by atoms with Crippen molar-refractivity contribution < 1.29 is 9.47 Å². The molecule has 0 aliphatic heterocycles. The maximum absolute atomic E-state index is 12.5. The molecule has 0 saturated carbocycles. The van der Waals surface area contributed by atoms with E-state index in [-0.39, 0.29) is 12.3 Å². The van der Waals surface area contributed by atoms with E-state index in [1.165, 1.54) is 0 Å². The molecule has 0 aliphatic rings. The Bertz CT molecular complexity index is 1150. The molecule has 3 heterocycles. The monoisotopic (exact) mass is 365 g/mol. The number of imidazole rings is 1. The van der Waals surface area contributed by atoms with Gasteiger partial charge in [-0.25, -0.2) is 14.5 Å². The van der Waals surface area contributed by atoms with Crippen molar-refractivity contribution in [3.63, 3.8) is 0 Å². The molecule has 8 heteroatoms. The fourth-order valence-corrected chi connectivity index (χ4v) is 2.94. The van der Waals surface area contributed by atoms with Gasteiger partial charge in [0.15, 0.2) is 5.65 Å². The van der Waals surface area contributed by atoms with Crippen molar-refractivity contribution >= 4 is 5.65 Å². The van der Waals surface area contributed by atoms with Crippen molar-refractivity contribution in [3.05, 3.63) is 65.1 Å². The van der Waals surface area contributed by atoms with E-state index < -0.39 is 0 Å². The van der Waals surface area contributed by atoms with Crippen molar-refractivity contribution in [2.45, 2.75) is 6.61 Å². The number of aryl methyl sites for hydroxylation is 2. The Morgan fingerprint density at radius 3 is 2.52 bits per heavy atom. The van der Waals surface area contributed by atoms with Crippen LogP contribution >= 0.6 is 0 Å². The number of nitrogens with zero attached hydrogens (tertiary/aromatic N) is 5.